The number of piperazine rings is 1. The van der Waals surface area contributed by atoms with Crippen molar-refractivity contribution < 1.29 is 9.53 Å². The Labute approximate surface area is 148 Å². The number of aryl methyl sites for hydroxylation is 2. The van der Waals surface area contributed by atoms with Crippen molar-refractivity contribution >= 4 is 11.9 Å². The summed E-state index contributed by atoms with van der Waals surface area (Å²) in [6.07, 6.45) is 3.88. The van der Waals surface area contributed by atoms with E-state index in [-0.39, 0.29) is 5.91 Å². The Kier molecular flexibility index (Phi) is 5.48. The molecule has 1 aliphatic heterocycles. The molecule has 6 heteroatoms. The molecule has 1 aromatic heterocycles. The molecule has 0 spiro atoms. The van der Waals surface area contributed by atoms with Crippen LogP contribution in [0.5, 0.6) is 5.75 Å². The number of anilines is 1. The molecule has 1 amide bonds. The standard InChI is InChI=1S/C19H24N4O2/c1-15-4-5-16(2)17(14-15)25-13-6-18(24)22-9-11-23(12-10-22)19-20-7-3-8-21-19/h3-5,7-8,14H,6,9-13H2,1-2H3. The number of carbonyl (C=O) groups is 1. The average molecular weight is 340 g/mol. The topological polar surface area (TPSA) is 58.6 Å². The minimum absolute atomic E-state index is 0.138. The van der Waals surface area contributed by atoms with Crippen molar-refractivity contribution in [2.45, 2.75) is 20.3 Å². The molecule has 1 aliphatic rings. The lowest BCUT2D eigenvalue weighted by atomic mass is 10.1. The van der Waals surface area contributed by atoms with E-state index in [1.165, 1.54) is 0 Å². The van der Waals surface area contributed by atoms with Crippen LogP contribution in [0.25, 0.3) is 0 Å². The maximum atomic E-state index is 12.4. The average Bonchev–Trinajstić information content (AvgIpc) is 2.65. The molecule has 1 aromatic carbocycles. The molecule has 2 aromatic rings. The molecule has 1 fully saturated rings. The van der Waals surface area contributed by atoms with E-state index in [4.69, 9.17) is 4.74 Å². The number of rotatable bonds is 5. The van der Waals surface area contributed by atoms with Crippen LogP contribution in [0, 0.1) is 13.8 Å². The van der Waals surface area contributed by atoms with E-state index in [1.54, 1.807) is 18.5 Å². The number of hydrogen-bond donors (Lipinski definition) is 0. The fraction of sp³-hybridized carbons (Fsp3) is 0.421. The van der Waals surface area contributed by atoms with Crippen molar-refractivity contribution in [1.82, 2.24) is 14.9 Å². The number of hydrogen-bond acceptors (Lipinski definition) is 5. The molecule has 0 saturated carbocycles. The van der Waals surface area contributed by atoms with Gasteiger partial charge < -0.3 is 14.5 Å². The molecule has 1 saturated heterocycles. The summed E-state index contributed by atoms with van der Waals surface area (Å²) in [5, 5.41) is 0. The van der Waals surface area contributed by atoms with Gasteiger partial charge in [-0.15, -0.1) is 0 Å². The highest BCUT2D eigenvalue weighted by Crippen LogP contribution is 2.19. The van der Waals surface area contributed by atoms with Crippen molar-refractivity contribution in [2.24, 2.45) is 0 Å². The molecule has 0 radical (unpaired) electrons. The molecule has 2 heterocycles. The van der Waals surface area contributed by atoms with Gasteiger partial charge in [0.15, 0.2) is 0 Å². The number of ether oxygens (including phenoxy) is 1. The summed E-state index contributed by atoms with van der Waals surface area (Å²) in [6.45, 7) is 7.36. The first kappa shape index (κ1) is 17.2. The number of carbonyl (C=O) groups excluding carboxylic acids is 1. The largest absolute Gasteiger partial charge is 0.493 e. The predicted molar refractivity (Wildman–Crippen MR) is 96.9 cm³/mol. The molecule has 0 bridgehead atoms. The second kappa shape index (κ2) is 7.96. The van der Waals surface area contributed by atoms with Gasteiger partial charge >= 0.3 is 0 Å². The third kappa shape index (κ3) is 4.47. The van der Waals surface area contributed by atoms with Gasteiger partial charge in [-0.3, -0.25) is 4.79 Å². The lowest BCUT2D eigenvalue weighted by Gasteiger charge is -2.34. The van der Waals surface area contributed by atoms with Gasteiger partial charge in [0.25, 0.3) is 0 Å². The molecular formula is C19H24N4O2. The first-order chi connectivity index (χ1) is 12.1. The summed E-state index contributed by atoms with van der Waals surface area (Å²) in [7, 11) is 0. The van der Waals surface area contributed by atoms with Gasteiger partial charge in [0.2, 0.25) is 11.9 Å². The molecule has 0 aliphatic carbocycles. The minimum Gasteiger partial charge on any atom is -0.493 e. The molecule has 6 nitrogen and oxygen atoms in total. The third-order valence-corrected chi connectivity index (χ3v) is 4.38. The summed E-state index contributed by atoms with van der Waals surface area (Å²) < 4.78 is 5.79. The van der Waals surface area contributed by atoms with E-state index < -0.39 is 0 Å². The normalized spacial score (nSPS) is 14.5. The van der Waals surface area contributed by atoms with Crippen molar-refractivity contribution in [3.05, 3.63) is 47.8 Å². The highest BCUT2D eigenvalue weighted by molar-refractivity contribution is 5.76. The maximum absolute atomic E-state index is 12.4. The van der Waals surface area contributed by atoms with E-state index in [1.807, 2.05) is 30.9 Å². The summed E-state index contributed by atoms with van der Waals surface area (Å²) in [5.41, 5.74) is 2.25. The van der Waals surface area contributed by atoms with Gasteiger partial charge in [0.05, 0.1) is 13.0 Å². The highest BCUT2D eigenvalue weighted by atomic mass is 16.5. The van der Waals surface area contributed by atoms with Crippen molar-refractivity contribution in [1.29, 1.82) is 0 Å². The minimum atomic E-state index is 0.138. The second-order valence-corrected chi connectivity index (χ2v) is 6.28. The number of nitrogens with zero attached hydrogens (tertiary/aromatic N) is 4. The van der Waals surface area contributed by atoms with E-state index >= 15 is 0 Å². The Morgan fingerprint density at radius 2 is 1.84 bits per heavy atom. The molecular weight excluding hydrogens is 316 g/mol. The van der Waals surface area contributed by atoms with Gasteiger partial charge in [0.1, 0.15) is 5.75 Å². The van der Waals surface area contributed by atoms with Crippen molar-refractivity contribution in [3.63, 3.8) is 0 Å². The smallest absolute Gasteiger partial charge is 0.226 e. The fourth-order valence-corrected chi connectivity index (χ4v) is 2.88. The van der Waals surface area contributed by atoms with Crippen LogP contribution in [0.1, 0.15) is 17.5 Å². The van der Waals surface area contributed by atoms with Gasteiger partial charge in [-0.1, -0.05) is 12.1 Å². The third-order valence-electron chi connectivity index (χ3n) is 4.38. The zero-order chi connectivity index (χ0) is 17.6. The van der Waals surface area contributed by atoms with E-state index in [2.05, 4.69) is 20.9 Å². The van der Waals surface area contributed by atoms with E-state index in [9.17, 15) is 4.79 Å². The molecule has 25 heavy (non-hydrogen) atoms. The Bertz CT molecular complexity index is 713. The predicted octanol–water partition coefficient (Wildman–Crippen LogP) is 2.21. The number of benzene rings is 1. The Morgan fingerprint density at radius 1 is 1.12 bits per heavy atom. The summed E-state index contributed by atoms with van der Waals surface area (Å²) >= 11 is 0. The van der Waals surface area contributed by atoms with E-state index in [0.717, 1.165) is 35.9 Å². The number of aromatic nitrogens is 2. The first-order valence-electron chi connectivity index (χ1n) is 8.63. The van der Waals surface area contributed by atoms with Gasteiger partial charge in [0, 0.05) is 38.6 Å². The monoisotopic (exact) mass is 340 g/mol. The lowest BCUT2D eigenvalue weighted by Crippen LogP contribution is -2.49. The van der Waals surface area contributed by atoms with E-state index in [0.29, 0.717) is 26.1 Å². The highest BCUT2D eigenvalue weighted by Gasteiger charge is 2.22. The molecule has 0 N–H and O–H groups in total. The van der Waals surface area contributed by atoms with Crippen LogP contribution in [0.4, 0.5) is 5.95 Å². The Hall–Kier alpha value is -2.63. The van der Waals surface area contributed by atoms with Gasteiger partial charge in [-0.25, -0.2) is 9.97 Å². The lowest BCUT2D eigenvalue weighted by molar-refractivity contribution is -0.132. The fourth-order valence-electron chi connectivity index (χ4n) is 2.88. The summed E-state index contributed by atoms with van der Waals surface area (Å²) in [6, 6.07) is 7.91. The maximum Gasteiger partial charge on any atom is 0.226 e. The molecule has 132 valence electrons. The van der Waals surface area contributed by atoms with Crippen LogP contribution in [0.3, 0.4) is 0 Å². The van der Waals surface area contributed by atoms with Crippen molar-refractivity contribution in [2.75, 3.05) is 37.7 Å². The Balaban J connectivity index is 1.44. The summed E-state index contributed by atoms with van der Waals surface area (Å²) in [5.74, 6) is 1.73. The van der Waals surface area contributed by atoms with Crippen LogP contribution < -0.4 is 9.64 Å². The SMILES string of the molecule is Cc1ccc(C)c(OCCC(=O)N2CCN(c3ncccn3)CC2)c1. The zero-order valence-corrected chi connectivity index (χ0v) is 14.8. The molecule has 3 rings (SSSR count). The quantitative estimate of drug-likeness (QED) is 0.835. The Morgan fingerprint density at radius 3 is 2.56 bits per heavy atom. The van der Waals surface area contributed by atoms with Crippen molar-refractivity contribution in [3.8, 4) is 5.75 Å². The van der Waals surface area contributed by atoms with Gasteiger partial charge in [-0.2, -0.15) is 0 Å². The summed E-state index contributed by atoms with van der Waals surface area (Å²) in [4.78, 5) is 24.9. The van der Waals surface area contributed by atoms with Gasteiger partial charge in [-0.05, 0) is 37.1 Å². The molecule has 0 atom stereocenters. The van der Waals surface area contributed by atoms with Crippen LogP contribution in [-0.2, 0) is 4.79 Å². The van der Waals surface area contributed by atoms with Crippen LogP contribution in [0.2, 0.25) is 0 Å². The first-order valence-corrected chi connectivity index (χ1v) is 8.63. The van der Waals surface area contributed by atoms with Crippen LogP contribution in [-0.4, -0.2) is 53.6 Å². The molecule has 0 unspecified atom stereocenters. The van der Waals surface area contributed by atoms with Crippen LogP contribution in [0.15, 0.2) is 36.7 Å². The van der Waals surface area contributed by atoms with Crippen LogP contribution >= 0.6 is 0 Å². The zero-order valence-electron chi connectivity index (χ0n) is 14.8. The second-order valence-electron chi connectivity index (χ2n) is 6.28. The number of amides is 1.